The molecule has 0 saturated heterocycles. The van der Waals surface area contributed by atoms with E-state index in [9.17, 15) is 14.4 Å². The largest absolute Gasteiger partial charge is 0.466 e. The molecule has 0 rings (SSSR count). The van der Waals surface area contributed by atoms with E-state index < -0.39 is 24.0 Å². The Hall–Kier alpha value is -1.59. The molecule has 0 fully saturated rings. The molecule has 0 unspecified atom stereocenters. The number of carbonyl (C=O) groups is 3. The zero-order valence-corrected chi connectivity index (χ0v) is 8.23. The number of hydrogen-bond donors (Lipinski definition) is 0. The van der Waals surface area contributed by atoms with Gasteiger partial charge in [-0.05, 0) is 0 Å². The quantitative estimate of drug-likeness (QED) is 0.354. The van der Waals surface area contributed by atoms with Crippen molar-refractivity contribution in [1.29, 1.82) is 0 Å². The second-order valence-corrected chi connectivity index (χ2v) is 2.27. The first kappa shape index (κ1) is 12.4. The van der Waals surface area contributed by atoms with Crippen LogP contribution in [0.2, 0.25) is 0 Å². The summed E-state index contributed by atoms with van der Waals surface area (Å²) in [7, 11) is 2.16. The number of methoxy groups -OCH3 is 2. The Bertz CT molecular complexity index is 218. The Labute approximate surface area is 81.1 Å². The van der Waals surface area contributed by atoms with Crippen molar-refractivity contribution < 1.29 is 28.6 Å². The number of carbonyl (C=O) groups excluding carboxylic acids is 3. The topological polar surface area (TPSA) is 78.9 Å². The van der Waals surface area contributed by atoms with Gasteiger partial charge in [-0.1, -0.05) is 6.92 Å². The Morgan fingerprint density at radius 1 is 1.07 bits per heavy atom. The van der Waals surface area contributed by atoms with Crippen molar-refractivity contribution in [3.63, 3.8) is 0 Å². The van der Waals surface area contributed by atoms with Gasteiger partial charge in [0.1, 0.15) is 0 Å². The first-order valence-electron chi connectivity index (χ1n) is 3.91. The molecule has 0 aliphatic rings. The van der Waals surface area contributed by atoms with Crippen molar-refractivity contribution in [1.82, 2.24) is 0 Å². The Kier molecular flexibility index (Phi) is 5.28. The molecule has 0 aliphatic carbocycles. The van der Waals surface area contributed by atoms with Crippen LogP contribution in [0.5, 0.6) is 0 Å². The van der Waals surface area contributed by atoms with E-state index in [2.05, 4.69) is 14.2 Å². The van der Waals surface area contributed by atoms with Crippen LogP contribution < -0.4 is 0 Å². The monoisotopic (exact) mass is 204 g/mol. The molecule has 0 bridgehead atoms. The van der Waals surface area contributed by atoms with Gasteiger partial charge in [-0.25, -0.2) is 9.59 Å². The molecular weight excluding hydrogens is 192 g/mol. The van der Waals surface area contributed by atoms with Crippen LogP contribution in [0.15, 0.2) is 0 Å². The van der Waals surface area contributed by atoms with Gasteiger partial charge >= 0.3 is 17.9 Å². The average molecular weight is 204 g/mol. The highest BCUT2D eigenvalue weighted by molar-refractivity contribution is 5.99. The lowest BCUT2D eigenvalue weighted by Crippen LogP contribution is -2.36. The third kappa shape index (κ3) is 3.42. The summed E-state index contributed by atoms with van der Waals surface area (Å²) in [6.45, 7) is 1.54. The summed E-state index contributed by atoms with van der Waals surface area (Å²) in [5.74, 6) is -2.59. The van der Waals surface area contributed by atoms with Crippen LogP contribution in [0.3, 0.4) is 0 Å². The van der Waals surface area contributed by atoms with Gasteiger partial charge in [0.2, 0.25) is 0 Å². The summed E-state index contributed by atoms with van der Waals surface area (Å²) < 4.78 is 13.0. The molecule has 0 saturated carbocycles. The first-order chi connectivity index (χ1) is 6.56. The van der Waals surface area contributed by atoms with E-state index in [-0.39, 0.29) is 6.42 Å². The molecule has 0 radical (unpaired) electrons. The normalized spacial score (nSPS) is 9.43. The zero-order chi connectivity index (χ0) is 11.1. The van der Waals surface area contributed by atoms with Gasteiger partial charge in [-0.2, -0.15) is 0 Å². The summed E-state index contributed by atoms with van der Waals surface area (Å²) in [5.41, 5.74) is 0. The lowest BCUT2D eigenvalue weighted by Gasteiger charge is -2.12. The Morgan fingerprint density at radius 3 is 1.79 bits per heavy atom. The fourth-order valence-electron chi connectivity index (χ4n) is 0.621. The van der Waals surface area contributed by atoms with Crippen LogP contribution in [0.25, 0.3) is 0 Å². The molecule has 0 heterocycles. The second-order valence-electron chi connectivity index (χ2n) is 2.27. The van der Waals surface area contributed by atoms with E-state index >= 15 is 0 Å². The SMILES string of the molecule is CCC(=O)OC(C(=O)OC)C(=O)OC. The molecule has 0 aliphatic heterocycles. The summed E-state index contributed by atoms with van der Waals surface area (Å²) in [6.07, 6.45) is -1.57. The van der Waals surface area contributed by atoms with Crippen molar-refractivity contribution >= 4 is 17.9 Å². The van der Waals surface area contributed by atoms with Crippen molar-refractivity contribution in [2.24, 2.45) is 0 Å². The fraction of sp³-hybridized carbons (Fsp3) is 0.625. The Morgan fingerprint density at radius 2 is 1.50 bits per heavy atom. The maximum atomic E-state index is 11.0. The van der Waals surface area contributed by atoms with E-state index in [1.165, 1.54) is 6.92 Å². The van der Waals surface area contributed by atoms with Gasteiger partial charge in [0.15, 0.2) is 0 Å². The molecule has 0 aromatic rings. The predicted molar refractivity (Wildman–Crippen MR) is 44.2 cm³/mol. The van der Waals surface area contributed by atoms with Crippen molar-refractivity contribution in [2.45, 2.75) is 19.4 Å². The maximum Gasteiger partial charge on any atom is 0.359 e. The highest BCUT2D eigenvalue weighted by atomic mass is 16.6. The third-order valence-corrected chi connectivity index (χ3v) is 1.37. The molecule has 0 amide bonds. The van der Waals surface area contributed by atoms with E-state index in [1.807, 2.05) is 0 Å². The van der Waals surface area contributed by atoms with Gasteiger partial charge in [0, 0.05) is 6.42 Å². The van der Waals surface area contributed by atoms with E-state index in [0.29, 0.717) is 0 Å². The van der Waals surface area contributed by atoms with Gasteiger partial charge in [-0.15, -0.1) is 0 Å². The number of hydrogen-bond acceptors (Lipinski definition) is 6. The molecule has 6 heteroatoms. The number of rotatable bonds is 4. The Balaban J connectivity index is 4.48. The van der Waals surface area contributed by atoms with Gasteiger partial charge < -0.3 is 14.2 Å². The molecule has 14 heavy (non-hydrogen) atoms. The van der Waals surface area contributed by atoms with Gasteiger partial charge in [0.25, 0.3) is 6.10 Å². The maximum absolute atomic E-state index is 11.0. The minimum Gasteiger partial charge on any atom is -0.466 e. The summed E-state index contributed by atoms with van der Waals surface area (Å²) in [4.78, 5) is 32.8. The summed E-state index contributed by atoms with van der Waals surface area (Å²) >= 11 is 0. The highest BCUT2D eigenvalue weighted by Crippen LogP contribution is 2.00. The van der Waals surface area contributed by atoms with Crippen molar-refractivity contribution in [3.05, 3.63) is 0 Å². The molecule has 0 spiro atoms. The van der Waals surface area contributed by atoms with Gasteiger partial charge in [0.05, 0.1) is 14.2 Å². The number of esters is 3. The minimum absolute atomic E-state index is 0.0600. The lowest BCUT2D eigenvalue weighted by molar-refractivity contribution is -0.177. The fourth-order valence-corrected chi connectivity index (χ4v) is 0.621. The van der Waals surface area contributed by atoms with E-state index in [1.54, 1.807) is 0 Å². The highest BCUT2D eigenvalue weighted by Gasteiger charge is 2.32. The summed E-state index contributed by atoms with van der Waals surface area (Å²) in [6, 6.07) is 0. The van der Waals surface area contributed by atoms with E-state index in [0.717, 1.165) is 14.2 Å². The molecule has 80 valence electrons. The van der Waals surface area contributed by atoms with Gasteiger partial charge in [-0.3, -0.25) is 4.79 Å². The standard InChI is InChI=1S/C8H12O6/c1-4-5(9)14-6(7(10)12-2)8(11)13-3/h6H,4H2,1-3H3. The summed E-state index contributed by atoms with van der Waals surface area (Å²) in [5, 5.41) is 0. The second kappa shape index (κ2) is 5.95. The van der Waals surface area contributed by atoms with Crippen LogP contribution in [0, 0.1) is 0 Å². The van der Waals surface area contributed by atoms with E-state index in [4.69, 9.17) is 0 Å². The molecule has 0 aromatic heterocycles. The first-order valence-corrected chi connectivity index (χ1v) is 3.91. The van der Waals surface area contributed by atoms with Crippen LogP contribution in [0.1, 0.15) is 13.3 Å². The zero-order valence-electron chi connectivity index (χ0n) is 8.23. The lowest BCUT2D eigenvalue weighted by atomic mass is 10.3. The minimum atomic E-state index is -1.63. The van der Waals surface area contributed by atoms with Crippen molar-refractivity contribution in [3.8, 4) is 0 Å². The van der Waals surface area contributed by atoms with Crippen LogP contribution in [-0.2, 0) is 28.6 Å². The van der Waals surface area contributed by atoms with Crippen LogP contribution in [0.4, 0.5) is 0 Å². The molecule has 0 N–H and O–H groups in total. The van der Waals surface area contributed by atoms with Crippen molar-refractivity contribution in [2.75, 3.05) is 14.2 Å². The number of ether oxygens (including phenoxy) is 3. The molecule has 6 nitrogen and oxygen atoms in total. The molecule has 0 aromatic carbocycles. The molecule has 0 atom stereocenters. The predicted octanol–water partition coefficient (Wildman–Crippen LogP) is -0.346. The average Bonchev–Trinajstić information content (AvgIpc) is 2.23. The van der Waals surface area contributed by atoms with Crippen LogP contribution in [-0.4, -0.2) is 38.2 Å². The van der Waals surface area contributed by atoms with Crippen LogP contribution >= 0.6 is 0 Å². The molecular formula is C8H12O6. The third-order valence-electron chi connectivity index (χ3n) is 1.37. The smallest absolute Gasteiger partial charge is 0.359 e.